The third-order valence-corrected chi connectivity index (χ3v) is 2.62. The van der Waals surface area contributed by atoms with E-state index in [9.17, 15) is 0 Å². The molecule has 4 heteroatoms. The summed E-state index contributed by atoms with van der Waals surface area (Å²) in [7, 11) is 0. The quantitative estimate of drug-likeness (QED) is 0.511. The molecule has 4 nitrogen and oxygen atoms in total. The van der Waals surface area contributed by atoms with Crippen LogP contribution in [0, 0.1) is 0 Å². The monoisotopic (exact) mass is 200 g/mol. The zero-order valence-electron chi connectivity index (χ0n) is 9.22. The third-order valence-electron chi connectivity index (χ3n) is 2.62. The number of hydrogen-bond acceptors (Lipinski definition) is 4. The van der Waals surface area contributed by atoms with Gasteiger partial charge in [0.2, 0.25) is 0 Å². The molecule has 0 amide bonds. The molecule has 0 saturated carbocycles. The van der Waals surface area contributed by atoms with Crippen molar-refractivity contribution in [2.45, 2.75) is 51.0 Å². The summed E-state index contributed by atoms with van der Waals surface area (Å²) in [5, 5.41) is 6.82. The van der Waals surface area contributed by atoms with Crippen molar-refractivity contribution in [1.29, 1.82) is 0 Å². The molecule has 0 radical (unpaired) electrons. The Morgan fingerprint density at radius 1 is 1.36 bits per heavy atom. The van der Waals surface area contributed by atoms with E-state index < -0.39 is 0 Å². The molecule has 2 aliphatic rings. The molecule has 14 heavy (non-hydrogen) atoms. The molecule has 2 atom stereocenters. The van der Waals surface area contributed by atoms with Gasteiger partial charge < -0.3 is 5.32 Å². The Labute approximate surface area is 85.3 Å². The van der Waals surface area contributed by atoms with Crippen molar-refractivity contribution in [3.63, 3.8) is 0 Å². The Morgan fingerprint density at radius 2 is 2.14 bits per heavy atom. The molecule has 2 bridgehead atoms. The molecule has 2 heterocycles. The fourth-order valence-electron chi connectivity index (χ4n) is 1.96. The van der Waals surface area contributed by atoms with Gasteiger partial charge in [0, 0.05) is 19.1 Å². The Kier molecular flexibility index (Phi) is 2.55. The second-order valence-electron chi connectivity index (χ2n) is 5.28. The molecule has 2 saturated heterocycles. The van der Waals surface area contributed by atoms with Gasteiger partial charge in [-0.25, -0.2) is 9.78 Å². The lowest BCUT2D eigenvalue weighted by Crippen LogP contribution is -2.59. The van der Waals surface area contributed by atoms with E-state index in [1.807, 2.05) is 20.8 Å². The van der Waals surface area contributed by atoms with Crippen LogP contribution in [0.5, 0.6) is 0 Å². The lowest BCUT2D eigenvalue weighted by molar-refractivity contribution is -0.408. The van der Waals surface area contributed by atoms with E-state index in [0.717, 1.165) is 19.5 Å². The van der Waals surface area contributed by atoms with Gasteiger partial charge in [0.1, 0.15) is 0 Å². The molecule has 82 valence electrons. The average Bonchev–Trinajstić information content (AvgIpc) is 2.39. The number of fused-ring (bicyclic) bond motifs is 2. The van der Waals surface area contributed by atoms with Gasteiger partial charge in [0.25, 0.3) is 0 Å². The molecule has 2 unspecified atom stereocenters. The zero-order chi connectivity index (χ0) is 10.2. The molecule has 0 aromatic heterocycles. The first-order valence-corrected chi connectivity index (χ1v) is 5.34. The van der Waals surface area contributed by atoms with E-state index in [2.05, 4.69) is 10.6 Å². The SMILES string of the molecule is CC(C)(C)OOC12CCC(CNC1)N2. The highest BCUT2D eigenvalue weighted by Crippen LogP contribution is 2.28. The number of piperazine rings is 1. The lowest BCUT2D eigenvalue weighted by Gasteiger charge is -2.35. The topological polar surface area (TPSA) is 42.5 Å². The minimum Gasteiger partial charge on any atom is -0.311 e. The molecule has 0 aromatic rings. The molecule has 2 rings (SSSR count). The van der Waals surface area contributed by atoms with Crippen LogP contribution in [0.2, 0.25) is 0 Å². The van der Waals surface area contributed by atoms with E-state index in [0.29, 0.717) is 6.04 Å². The van der Waals surface area contributed by atoms with E-state index in [4.69, 9.17) is 9.78 Å². The summed E-state index contributed by atoms with van der Waals surface area (Å²) in [6, 6.07) is 0.548. The van der Waals surface area contributed by atoms with Crippen LogP contribution in [0.1, 0.15) is 33.6 Å². The van der Waals surface area contributed by atoms with Crippen LogP contribution in [0.25, 0.3) is 0 Å². The van der Waals surface area contributed by atoms with Gasteiger partial charge in [0.15, 0.2) is 5.72 Å². The van der Waals surface area contributed by atoms with Crippen molar-refractivity contribution in [3.05, 3.63) is 0 Å². The third kappa shape index (κ3) is 2.25. The normalized spacial score (nSPS) is 37.5. The minimum absolute atomic E-state index is 0.244. The summed E-state index contributed by atoms with van der Waals surface area (Å²) in [6.45, 7) is 7.85. The highest BCUT2D eigenvalue weighted by atomic mass is 17.2. The first kappa shape index (κ1) is 10.4. The van der Waals surface area contributed by atoms with Gasteiger partial charge in [-0.15, -0.1) is 0 Å². The van der Waals surface area contributed by atoms with Crippen LogP contribution in [-0.2, 0) is 9.78 Å². The number of nitrogens with one attached hydrogen (secondary N) is 2. The standard InChI is InChI=1S/C10H20N2O2/c1-9(2,3)13-14-10-5-4-8(12-10)6-11-7-10/h8,11-12H,4-7H2,1-3H3. The Bertz CT molecular complexity index is 211. The molecule has 0 spiro atoms. The summed E-state index contributed by atoms with van der Waals surface area (Å²) in [5.41, 5.74) is -0.526. The van der Waals surface area contributed by atoms with E-state index in [1.54, 1.807) is 0 Å². The van der Waals surface area contributed by atoms with Gasteiger partial charge in [-0.3, -0.25) is 5.32 Å². The van der Waals surface area contributed by atoms with E-state index in [-0.39, 0.29) is 11.3 Å². The van der Waals surface area contributed by atoms with Crippen molar-refractivity contribution < 1.29 is 9.78 Å². The predicted octanol–water partition coefficient (Wildman–Crippen LogP) is 0.785. The van der Waals surface area contributed by atoms with Crippen molar-refractivity contribution in [2.75, 3.05) is 13.1 Å². The first-order valence-electron chi connectivity index (χ1n) is 5.34. The van der Waals surface area contributed by atoms with Crippen molar-refractivity contribution >= 4 is 0 Å². The maximum atomic E-state index is 5.55. The van der Waals surface area contributed by atoms with Crippen LogP contribution < -0.4 is 10.6 Å². The summed E-state index contributed by atoms with van der Waals surface area (Å²) in [5.74, 6) is 0. The molecule has 0 aromatic carbocycles. The molecule has 2 N–H and O–H groups in total. The van der Waals surface area contributed by atoms with E-state index >= 15 is 0 Å². The van der Waals surface area contributed by atoms with Crippen molar-refractivity contribution in [2.24, 2.45) is 0 Å². The molecular formula is C10H20N2O2. The highest BCUT2D eigenvalue weighted by molar-refractivity contribution is 4.97. The van der Waals surface area contributed by atoms with Gasteiger partial charge >= 0.3 is 0 Å². The summed E-state index contributed by atoms with van der Waals surface area (Å²) >= 11 is 0. The maximum absolute atomic E-state index is 5.55. The molecular weight excluding hydrogens is 180 g/mol. The van der Waals surface area contributed by atoms with Crippen LogP contribution in [-0.4, -0.2) is 30.5 Å². The van der Waals surface area contributed by atoms with E-state index in [1.165, 1.54) is 6.42 Å². The maximum Gasteiger partial charge on any atom is 0.167 e. The van der Waals surface area contributed by atoms with Gasteiger partial charge in [0.05, 0.1) is 5.60 Å². The van der Waals surface area contributed by atoms with Crippen LogP contribution in [0.4, 0.5) is 0 Å². The van der Waals surface area contributed by atoms with Gasteiger partial charge in [-0.1, -0.05) is 0 Å². The molecule has 2 aliphatic heterocycles. The number of rotatable bonds is 2. The van der Waals surface area contributed by atoms with Crippen molar-refractivity contribution in [1.82, 2.24) is 10.6 Å². The summed E-state index contributed by atoms with van der Waals surface area (Å²) in [6.07, 6.45) is 2.20. The smallest absolute Gasteiger partial charge is 0.167 e. The summed E-state index contributed by atoms with van der Waals surface area (Å²) in [4.78, 5) is 10.9. The first-order chi connectivity index (χ1) is 6.49. The summed E-state index contributed by atoms with van der Waals surface area (Å²) < 4.78 is 0. The van der Waals surface area contributed by atoms with Crippen molar-refractivity contribution in [3.8, 4) is 0 Å². The van der Waals surface area contributed by atoms with Crippen LogP contribution in [0.15, 0.2) is 0 Å². The number of hydrogen-bond donors (Lipinski definition) is 2. The zero-order valence-corrected chi connectivity index (χ0v) is 9.22. The second kappa shape index (κ2) is 3.45. The highest BCUT2D eigenvalue weighted by Gasteiger charge is 2.44. The fraction of sp³-hybridized carbons (Fsp3) is 1.00. The Morgan fingerprint density at radius 3 is 2.86 bits per heavy atom. The minimum atomic E-state index is -0.282. The fourth-order valence-corrected chi connectivity index (χ4v) is 1.96. The average molecular weight is 200 g/mol. The molecule has 2 fully saturated rings. The Hall–Kier alpha value is -0.160. The lowest BCUT2D eigenvalue weighted by atomic mass is 10.2. The van der Waals surface area contributed by atoms with Gasteiger partial charge in [-0.05, 0) is 33.6 Å². The van der Waals surface area contributed by atoms with Crippen LogP contribution >= 0.6 is 0 Å². The Balaban J connectivity index is 1.90. The largest absolute Gasteiger partial charge is 0.311 e. The predicted molar refractivity (Wildman–Crippen MR) is 53.7 cm³/mol. The van der Waals surface area contributed by atoms with Crippen LogP contribution in [0.3, 0.4) is 0 Å². The second-order valence-corrected chi connectivity index (χ2v) is 5.28. The molecule has 0 aliphatic carbocycles. The van der Waals surface area contributed by atoms with Gasteiger partial charge in [-0.2, -0.15) is 0 Å².